The third-order valence-corrected chi connectivity index (χ3v) is 10.5. The molecule has 33 heavy (non-hydrogen) atoms. The summed E-state index contributed by atoms with van der Waals surface area (Å²) in [6.45, 7) is 18.2. The molecule has 0 aromatic rings. The molecule has 0 aromatic carbocycles. The van der Waals surface area contributed by atoms with Crippen LogP contribution in [0.1, 0.15) is 130 Å². The Kier molecular flexibility index (Phi) is 11.0. The Morgan fingerprint density at radius 1 is 0.970 bits per heavy atom. The SMILES string of the molecule is CC.CC.C[C@H](CO)CCC[C@@H](C)C1CCC2C3CC=C4C[C@@H](O)CC[C@]4(C)C3CC[C@@]21C.[HH].[HH].[HH]. The third kappa shape index (κ3) is 5.74. The monoisotopic (exact) mass is 468 g/mol. The lowest BCUT2D eigenvalue weighted by molar-refractivity contribution is -0.0573. The first-order valence-electron chi connectivity index (χ1n) is 14.8. The Labute approximate surface area is 211 Å². The van der Waals surface area contributed by atoms with Gasteiger partial charge in [-0.1, -0.05) is 79.9 Å². The summed E-state index contributed by atoms with van der Waals surface area (Å²) in [5.41, 5.74) is 2.51. The number of fused-ring (bicyclic) bond motifs is 5. The van der Waals surface area contributed by atoms with Crippen molar-refractivity contribution < 1.29 is 14.5 Å². The zero-order chi connectivity index (χ0) is 24.8. The maximum absolute atomic E-state index is 10.2. The van der Waals surface area contributed by atoms with Crippen molar-refractivity contribution in [1.82, 2.24) is 0 Å². The van der Waals surface area contributed by atoms with Crippen LogP contribution >= 0.6 is 0 Å². The number of hydrogen-bond acceptors (Lipinski definition) is 2. The van der Waals surface area contributed by atoms with Crippen molar-refractivity contribution in [3.05, 3.63) is 11.6 Å². The highest BCUT2D eigenvalue weighted by atomic mass is 16.3. The van der Waals surface area contributed by atoms with Gasteiger partial charge in [0.05, 0.1) is 6.10 Å². The van der Waals surface area contributed by atoms with Crippen molar-refractivity contribution in [3.8, 4) is 0 Å². The number of aliphatic hydroxyl groups is 2. The molecule has 2 N–H and O–H groups in total. The van der Waals surface area contributed by atoms with Gasteiger partial charge < -0.3 is 10.2 Å². The second-order valence-electron chi connectivity index (χ2n) is 12.1. The minimum Gasteiger partial charge on any atom is -0.396 e. The van der Waals surface area contributed by atoms with Crippen molar-refractivity contribution >= 4 is 0 Å². The fraction of sp³-hybridized carbons (Fsp3) is 0.935. The summed E-state index contributed by atoms with van der Waals surface area (Å²) < 4.78 is 0. The summed E-state index contributed by atoms with van der Waals surface area (Å²) in [7, 11) is 0. The number of hydrogen-bond donors (Lipinski definition) is 2. The minimum atomic E-state index is -0.0926. The molecule has 0 bridgehead atoms. The largest absolute Gasteiger partial charge is 0.396 e. The van der Waals surface area contributed by atoms with Crippen molar-refractivity contribution in [1.29, 1.82) is 0 Å². The van der Waals surface area contributed by atoms with E-state index >= 15 is 0 Å². The molecule has 0 spiro atoms. The molecule has 4 rings (SSSR count). The van der Waals surface area contributed by atoms with E-state index in [9.17, 15) is 10.2 Å². The van der Waals surface area contributed by atoms with E-state index in [1.54, 1.807) is 5.57 Å². The van der Waals surface area contributed by atoms with Gasteiger partial charge in [0, 0.05) is 10.9 Å². The first-order chi connectivity index (χ1) is 15.8. The minimum absolute atomic E-state index is 0. The molecule has 0 aliphatic heterocycles. The van der Waals surface area contributed by atoms with E-state index in [-0.39, 0.29) is 10.4 Å². The molecule has 3 fully saturated rings. The Morgan fingerprint density at radius 2 is 1.67 bits per heavy atom. The molecule has 0 saturated heterocycles. The summed E-state index contributed by atoms with van der Waals surface area (Å²) in [5.74, 6) is 4.82. The number of rotatable bonds is 6. The molecule has 0 heterocycles. The molecule has 9 atom stereocenters. The van der Waals surface area contributed by atoms with E-state index in [1.807, 2.05) is 27.7 Å². The standard InChI is InChI=1S/C27H46O2.2C2H6.3H2/c1-18(17-28)6-5-7-19(2)23-10-11-24-22-9-8-20-16-21(29)12-14-26(20,3)25(22)13-15-27(23,24)4;2*1-2;;;/h8,18-19,21-25,28-29H,5-7,9-17H2,1-4H3;2*1-2H3;3*1H/t18-,19+,21-,22?,23?,24?,25?,26-,27+;;;;;/m0...../s1. The molecule has 4 aliphatic carbocycles. The highest BCUT2D eigenvalue weighted by Crippen LogP contribution is 2.67. The van der Waals surface area contributed by atoms with Crippen molar-refractivity contribution in [2.75, 3.05) is 6.61 Å². The predicted octanol–water partition coefficient (Wildman–Crippen LogP) is 9.15. The van der Waals surface area contributed by atoms with Crippen LogP contribution in [-0.4, -0.2) is 22.9 Å². The molecule has 2 nitrogen and oxygen atoms in total. The Hall–Kier alpha value is -0.340. The Bertz CT molecular complexity index is 627. The fourth-order valence-corrected chi connectivity index (χ4v) is 8.70. The van der Waals surface area contributed by atoms with Gasteiger partial charge in [-0.3, -0.25) is 0 Å². The Balaban J connectivity index is 0. The lowest BCUT2D eigenvalue weighted by Crippen LogP contribution is -2.50. The van der Waals surface area contributed by atoms with Gasteiger partial charge in [0.25, 0.3) is 0 Å². The highest BCUT2D eigenvalue weighted by Gasteiger charge is 2.59. The summed E-state index contributed by atoms with van der Waals surface area (Å²) in [5, 5.41) is 19.5. The smallest absolute Gasteiger partial charge is 0.0577 e. The highest BCUT2D eigenvalue weighted by molar-refractivity contribution is 5.25. The second kappa shape index (κ2) is 12.6. The molecule has 4 unspecified atom stereocenters. The molecule has 4 aliphatic rings. The molecular weight excluding hydrogens is 404 g/mol. The van der Waals surface area contributed by atoms with Crippen LogP contribution in [0.3, 0.4) is 0 Å². The van der Waals surface area contributed by atoms with E-state index in [0.29, 0.717) is 23.4 Å². The van der Waals surface area contributed by atoms with Gasteiger partial charge in [-0.25, -0.2) is 0 Å². The summed E-state index contributed by atoms with van der Waals surface area (Å²) in [6.07, 6.45) is 16.4. The van der Waals surface area contributed by atoms with E-state index in [4.69, 9.17) is 0 Å². The van der Waals surface area contributed by atoms with Crippen LogP contribution in [0.25, 0.3) is 0 Å². The fourth-order valence-electron chi connectivity index (χ4n) is 8.70. The molecular formula is C31H64O2. The summed E-state index contributed by atoms with van der Waals surface area (Å²) >= 11 is 0. The van der Waals surface area contributed by atoms with Crippen LogP contribution in [0, 0.1) is 46.3 Å². The predicted molar refractivity (Wildman–Crippen MR) is 150 cm³/mol. The second-order valence-corrected chi connectivity index (χ2v) is 12.1. The van der Waals surface area contributed by atoms with Gasteiger partial charge in [-0.2, -0.15) is 0 Å². The topological polar surface area (TPSA) is 40.5 Å². The molecule has 0 amide bonds. The van der Waals surface area contributed by atoms with Crippen LogP contribution in [0.5, 0.6) is 0 Å². The average Bonchev–Trinajstić information content (AvgIpc) is 3.19. The van der Waals surface area contributed by atoms with E-state index < -0.39 is 0 Å². The average molecular weight is 469 g/mol. The van der Waals surface area contributed by atoms with Crippen LogP contribution < -0.4 is 0 Å². The van der Waals surface area contributed by atoms with Crippen molar-refractivity contribution in [2.45, 2.75) is 132 Å². The first-order valence-corrected chi connectivity index (χ1v) is 14.8. The maximum Gasteiger partial charge on any atom is 0.0577 e. The van der Waals surface area contributed by atoms with E-state index in [2.05, 4.69) is 33.8 Å². The van der Waals surface area contributed by atoms with Gasteiger partial charge in [-0.15, -0.1) is 0 Å². The van der Waals surface area contributed by atoms with Gasteiger partial charge in [0.2, 0.25) is 0 Å². The van der Waals surface area contributed by atoms with Crippen molar-refractivity contribution in [3.63, 3.8) is 0 Å². The molecule has 0 radical (unpaired) electrons. The number of allylic oxidation sites excluding steroid dienone is 1. The van der Waals surface area contributed by atoms with Crippen LogP contribution in [0.15, 0.2) is 11.6 Å². The van der Waals surface area contributed by atoms with E-state index in [0.717, 1.165) is 42.4 Å². The lowest BCUT2D eigenvalue weighted by Gasteiger charge is -2.58. The molecule has 0 aromatic heterocycles. The maximum atomic E-state index is 10.2. The molecule has 200 valence electrons. The Morgan fingerprint density at radius 3 is 2.33 bits per heavy atom. The zero-order valence-corrected chi connectivity index (χ0v) is 23.5. The van der Waals surface area contributed by atoms with Crippen LogP contribution in [0.2, 0.25) is 0 Å². The van der Waals surface area contributed by atoms with Gasteiger partial charge in [-0.05, 0) is 104 Å². The number of aliphatic hydroxyl groups excluding tert-OH is 2. The third-order valence-electron chi connectivity index (χ3n) is 10.5. The summed E-state index contributed by atoms with van der Waals surface area (Å²) in [6, 6.07) is 0. The summed E-state index contributed by atoms with van der Waals surface area (Å²) in [4.78, 5) is 0. The normalized spacial score (nSPS) is 41.0. The lowest BCUT2D eigenvalue weighted by atomic mass is 9.47. The van der Waals surface area contributed by atoms with E-state index in [1.165, 1.54) is 57.8 Å². The van der Waals surface area contributed by atoms with Gasteiger partial charge in [0.15, 0.2) is 0 Å². The van der Waals surface area contributed by atoms with Crippen molar-refractivity contribution in [2.24, 2.45) is 46.3 Å². The first kappa shape index (κ1) is 28.9. The molecule has 3 saturated carbocycles. The van der Waals surface area contributed by atoms with Gasteiger partial charge in [0.1, 0.15) is 0 Å². The van der Waals surface area contributed by atoms with Gasteiger partial charge >= 0.3 is 0 Å². The van der Waals surface area contributed by atoms with Crippen LogP contribution in [-0.2, 0) is 0 Å². The van der Waals surface area contributed by atoms with Crippen LogP contribution in [0.4, 0.5) is 0 Å². The zero-order valence-electron chi connectivity index (χ0n) is 23.5. The quantitative estimate of drug-likeness (QED) is 0.381. The molecule has 2 heteroatoms.